The molecule has 2 aliphatic rings. The molecular formula is C28H31F2N3O4. The number of ether oxygens (including phenoxy) is 1. The Morgan fingerprint density at radius 2 is 1.95 bits per heavy atom. The van der Waals surface area contributed by atoms with Gasteiger partial charge in [0.1, 0.15) is 12.3 Å². The van der Waals surface area contributed by atoms with Crippen molar-refractivity contribution in [2.45, 2.75) is 51.1 Å². The lowest BCUT2D eigenvalue weighted by Crippen LogP contribution is -2.53. The van der Waals surface area contributed by atoms with E-state index in [0.717, 1.165) is 33.3 Å². The van der Waals surface area contributed by atoms with Crippen LogP contribution in [0.4, 0.5) is 8.78 Å². The van der Waals surface area contributed by atoms with E-state index >= 15 is 0 Å². The zero-order valence-corrected chi connectivity index (χ0v) is 20.9. The van der Waals surface area contributed by atoms with Crippen molar-refractivity contribution in [3.05, 3.63) is 64.8 Å². The van der Waals surface area contributed by atoms with Crippen LogP contribution in [0.25, 0.3) is 10.9 Å². The molecular weight excluding hydrogens is 480 g/mol. The molecule has 5 rings (SSSR count). The number of methoxy groups -OCH3 is 1. The average Bonchev–Trinajstić information content (AvgIpc) is 3.34. The molecule has 3 N–H and O–H groups in total. The van der Waals surface area contributed by atoms with Crippen LogP contribution >= 0.6 is 0 Å². The van der Waals surface area contributed by atoms with Gasteiger partial charge in [0.05, 0.1) is 7.11 Å². The van der Waals surface area contributed by atoms with Crippen molar-refractivity contribution in [2.75, 3.05) is 20.2 Å². The molecule has 1 aliphatic heterocycles. The van der Waals surface area contributed by atoms with Crippen LogP contribution in [-0.2, 0) is 11.3 Å². The number of amides is 1. The third-order valence-electron chi connectivity index (χ3n) is 7.91. The number of fused-ring (bicyclic) bond motifs is 1. The standard InChI is InChI=1S/C28H31F2N3O4/c1-17-11-23(37-2)21(20-7-9-31-25(17)20)14-33-10-8-27(15-28(29,30)16-27)12-22(33)18-3-5-19(6-4-18)26(36)32-13-24(34)35/h3-7,9,11,22,31H,8,10,12-16H2,1-2H3,(H,32,36)(H,34,35)/t22-/m0/s1. The van der Waals surface area contributed by atoms with Gasteiger partial charge in [-0.1, -0.05) is 12.1 Å². The summed E-state index contributed by atoms with van der Waals surface area (Å²) in [5, 5.41) is 12.3. The number of carbonyl (C=O) groups is 2. The van der Waals surface area contributed by atoms with Gasteiger partial charge in [-0.25, -0.2) is 8.78 Å². The summed E-state index contributed by atoms with van der Waals surface area (Å²) in [6.07, 6.45) is 3.05. The SMILES string of the molecule is COc1cc(C)c2[nH]ccc2c1CN1CCC2(C[C@H]1c1ccc(C(=O)NCC(=O)O)cc1)CC(F)(F)C2. The summed E-state index contributed by atoms with van der Waals surface area (Å²) < 4.78 is 33.7. The molecule has 1 aliphatic carbocycles. The average molecular weight is 512 g/mol. The van der Waals surface area contributed by atoms with Gasteiger partial charge in [0, 0.05) is 53.7 Å². The molecule has 3 aromatic rings. The molecule has 7 nitrogen and oxygen atoms in total. The molecule has 2 aromatic carbocycles. The Morgan fingerprint density at radius 1 is 1.22 bits per heavy atom. The number of likely N-dealkylation sites (tertiary alicyclic amines) is 1. The summed E-state index contributed by atoms with van der Waals surface area (Å²) in [6.45, 7) is 2.84. The molecule has 196 valence electrons. The molecule has 9 heteroatoms. The Labute approximate surface area is 213 Å². The van der Waals surface area contributed by atoms with Gasteiger partial charge in [0.2, 0.25) is 5.92 Å². The quantitative estimate of drug-likeness (QED) is 0.413. The van der Waals surface area contributed by atoms with Crippen LogP contribution in [0.3, 0.4) is 0 Å². The first-order chi connectivity index (χ1) is 17.6. The molecule has 1 aromatic heterocycles. The Morgan fingerprint density at radius 3 is 2.59 bits per heavy atom. The lowest BCUT2D eigenvalue weighted by atomic mass is 9.59. The number of aryl methyl sites for hydroxylation is 1. The Balaban J connectivity index is 1.45. The summed E-state index contributed by atoms with van der Waals surface area (Å²) in [7, 11) is 1.66. The van der Waals surface area contributed by atoms with Gasteiger partial charge in [-0.15, -0.1) is 0 Å². The monoisotopic (exact) mass is 511 g/mol. The zero-order chi connectivity index (χ0) is 26.4. The number of carboxylic acid groups (broad SMARTS) is 1. The number of aromatic amines is 1. The molecule has 1 saturated carbocycles. The number of carboxylic acids is 1. The third kappa shape index (κ3) is 4.92. The second-order valence-corrected chi connectivity index (χ2v) is 10.5. The summed E-state index contributed by atoms with van der Waals surface area (Å²) >= 11 is 0. The van der Waals surface area contributed by atoms with E-state index < -0.39 is 24.3 Å². The summed E-state index contributed by atoms with van der Waals surface area (Å²) in [6, 6.07) is 11.0. The molecule has 1 spiro atoms. The van der Waals surface area contributed by atoms with Gasteiger partial charge in [-0.2, -0.15) is 0 Å². The van der Waals surface area contributed by atoms with E-state index in [4.69, 9.17) is 9.84 Å². The maximum Gasteiger partial charge on any atom is 0.322 e. The summed E-state index contributed by atoms with van der Waals surface area (Å²) in [5.41, 5.74) is 4.10. The van der Waals surface area contributed by atoms with E-state index in [2.05, 4.69) is 15.2 Å². The number of rotatable bonds is 7. The van der Waals surface area contributed by atoms with Gasteiger partial charge in [-0.3, -0.25) is 14.5 Å². The van der Waals surface area contributed by atoms with Crippen LogP contribution in [0.1, 0.15) is 58.8 Å². The van der Waals surface area contributed by atoms with Crippen LogP contribution in [0.15, 0.2) is 42.6 Å². The number of carbonyl (C=O) groups excluding carboxylic acids is 1. The predicted octanol–water partition coefficient (Wildman–Crippen LogP) is 5.05. The molecule has 0 radical (unpaired) electrons. The normalized spacial score (nSPS) is 20.5. The van der Waals surface area contributed by atoms with Gasteiger partial charge in [0.25, 0.3) is 5.91 Å². The van der Waals surface area contributed by atoms with E-state index in [1.54, 1.807) is 19.2 Å². The molecule has 2 heterocycles. The number of aliphatic carboxylic acids is 1. The lowest BCUT2D eigenvalue weighted by molar-refractivity contribution is -0.186. The van der Waals surface area contributed by atoms with Gasteiger partial charge >= 0.3 is 5.97 Å². The molecule has 1 atom stereocenters. The van der Waals surface area contributed by atoms with Crippen LogP contribution in [0.5, 0.6) is 5.75 Å². The van der Waals surface area contributed by atoms with Crippen molar-refractivity contribution < 1.29 is 28.2 Å². The number of H-pyrrole nitrogens is 1. The highest BCUT2D eigenvalue weighted by Gasteiger charge is 2.58. The molecule has 2 fully saturated rings. The zero-order valence-electron chi connectivity index (χ0n) is 20.9. The van der Waals surface area contributed by atoms with E-state index in [9.17, 15) is 18.4 Å². The number of aromatic nitrogens is 1. The van der Waals surface area contributed by atoms with Crippen molar-refractivity contribution in [3.63, 3.8) is 0 Å². The smallest absolute Gasteiger partial charge is 0.322 e. The maximum atomic E-state index is 14.0. The molecule has 0 unspecified atom stereocenters. The second kappa shape index (κ2) is 9.45. The second-order valence-electron chi connectivity index (χ2n) is 10.5. The molecule has 1 saturated heterocycles. The number of hydrogen-bond donors (Lipinski definition) is 3. The van der Waals surface area contributed by atoms with E-state index in [1.807, 2.05) is 37.4 Å². The Hall–Kier alpha value is -3.46. The summed E-state index contributed by atoms with van der Waals surface area (Å²) in [4.78, 5) is 28.7. The van der Waals surface area contributed by atoms with Crippen LogP contribution in [0.2, 0.25) is 0 Å². The third-order valence-corrected chi connectivity index (χ3v) is 7.91. The highest BCUT2D eigenvalue weighted by atomic mass is 19.3. The van der Waals surface area contributed by atoms with Crippen molar-refractivity contribution in [2.24, 2.45) is 5.41 Å². The predicted molar refractivity (Wildman–Crippen MR) is 135 cm³/mol. The first-order valence-electron chi connectivity index (χ1n) is 12.5. The maximum absolute atomic E-state index is 14.0. The van der Waals surface area contributed by atoms with Crippen LogP contribution in [-0.4, -0.2) is 53.0 Å². The number of halogens is 2. The molecule has 0 bridgehead atoms. The fraction of sp³-hybridized carbons (Fsp3) is 0.429. The first kappa shape index (κ1) is 25.2. The van der Waals surface area contributed by atoms with Crippen molar-refractivity contribution in [1.82, 2.24) is 15.2 Å². The Bertz CT molecular complexity index is 1330. The van der Waals surface area contributed by atoms with E-state index in [0.29, 0.717) is 31.5 Å². The van der Waals surface area contributed by atoms with Crippen molar-refractivity contribution in [1.29, 1.82) is 0 Å². The number of alkyl halides is 2. The number of nitrogens with one attached hydrogen (secondary N) is 2. The van der Waals surface area contributed by atoms with Gasteiger partial charge in [0.15, 0.2) is 0 Å². The van der Waals surface area contributed by atoms with Crippen molar-refractivity contribution in [3.8, 4) is 5.75 Å². The van der Waals surface area contributed by atoms with Crippen LogP contribution in [0, 0.1) is 12.3 Å². The largest absolute Gasteiger partial charge is 0.496 e. The number of piperidine rings is 1. The van der Waals surface area contributed by atoms with Gasteiger partial charge < -0.3 is 20.1 Å². The molecule has 37 heavy (non-hydrogen) atoms. The fourth-order valence-corrected chi connectivity index (χ4v) is 6.16. The minimum atomic E-state index is -2.60. The lowest BCUT2D eigenvalue weighted by Gasteiger charge is -2.54. The minimum Gasteiger partial charge on any atom is -0.496 e. The number of hydrogen-bond acceptors (Lipinski definition) is 4. The topological polar surface area (TPSA) is 94.7 Å². The Kier molecular flexibility index (Phi) is 6.43. The minimum absolute atomic E-state index is 0.0874. The number of nitrogens with zero attached hydrogens (tertiary/aromatic N) is 1. The van der Waals surface area contributed by atoms with Crippen molar-refractivity contribution >= 4 is 22.8 Å². The fourth-order valence-electron chi connectivity index (χ4n) is 6.16. The highest BCUT2D eigenvalue weighted by molar-refractivity contribution is 5.95. The number of benzene rings is 2. The first-order valence-corrected chi connectivity index (χ1v) is 12.5. The van der Waals surface area contributed by atoms with E-state index in [1.165, 1.54) is 0 Å². The highest BCUT2D eigenvalue weighted by Crippen LogP contribution is 2.60. The van der Waals surface area contributed by atoms with Gasteiger partial charge in [-0.05, 0) is 67.1 Å². The van der Waals surface area contributed by atoms with E-state index in [-0.39, 0.29) is 24.3 Å². The van der Waals surface area contributed by atoms with Crippen LogP contribution < -0.4 is 10.1 Å². The molecule has 1 amide bonds. The summed E-state index contributed by atoms with van der Waals surface area (Å²) in [5.74, 6) is -3.39.